The Morgan fingerprint density at radius 3 is 3.08 bits per heavy atom. The molecule has 0 unspecified atom stereocenters. The van der Waals surface area contributed by atoms with Crippen molar-refractivity contribution in [2.45, 2.75) is 19.5 Å². The van der Waals surface area contributed by atoms with Crippen LogP contribution in [0.15, 0.2) is 47.5 Å². The third-order valence-electron chi connectivity index (χ3n) is 4.86. The molecule has 0 atom stereocenters. The Kier molecular flexibility index (Phi) is 4.26. The van der Waals surface area contributed by atoms with E-state index in [1.807, 2.05) is 6.07 Å². The summed E-state index contributed by atoms with van der Waals surface area (Å²) in [7, 11) is 1.65. The van der Waals surface area contributed by atoms with Gasteiger partial charge in [0.1, 0.15) is 0 Å². The van der Waals surface area contributed by atoms with Crippen LogP contribution in [0, 0.1) is 0 Å². The zero-order valence-corrected chi connectivity index (χ0v) is 14.6. The quantitative estimate of drug-likeness (QED) is 0.752. The predicted molar refractivity (Wildman–Crippen MR) is 100 cm³/mol. The fourth-order valence-electron chi connectivity index (χ4n) is 3.41. The maximum atomic E-state index is 12.6. The lowest BCUT2D eigenvalue weighted by Crippen LogP contribution is -2.27. The van der Waals surface area contributed by atoms with E-state index in [1.165, 1.54) is 22.0 Å². The summed E-state index contributed by atoms with van der Waals surface area (Å²) in [4.78, 5) is 29.0. The summed E-state index contributed by atoms with van der Waals surface area (Å²) in [5.74, 6) is -0.190. The molecule has 6 heteroatoms. The van der Waals surface area contributed by atoms with Crippen LogP contribution in [-0.4, -0.2) is 22.0 Å². The number of amides is 1. The second kappa shape index (κ2) is 6.72. The maximum Gasteiger partial charge on any atom is 0.260 e. The molecular weight excluding hydrogens is 328 g/mol. The van der Waals surface area contributed by atoms with Crippen molar-refractivity contribution < 1.29 is 4.79 Å². The lowest BCUT2D eigenvalue weighted by atomic mass is 9.95. The van der Waals surface area contributed by atoms with Crippen molar-refractivity contribution >= 4 is 16.8 Å². The second-order valence-corrected chi connectivity index (χ2v) is 6.56. The summed E-state index contributed by atoms with van der Waals surface area (Å²) in [5, 5.41) is 6.79. The Bertz CT molecular complexity index is 1060. The van der Waals surface area contributed by atoms with Crippen molar-refractivity contribution in [3.63, 3.8) is 0 Å². The van der Waals surface area contributed by atoms with E-state index in [1.54, 1.807) is 25.2 Å². The molecule has 2 heterocycles. The first-order chi connectivity index (χ1) is 12.6. The summed E-state index contributed by atoms with van der Waals surface area (Å²) in [6.07, 6.45) is 2.46. The van der Waals surface area contributed by atoms with Crippen LogP contribution in [0.2, 0.25) is 0 Å². The van der Waals surface area contributed by atoms with Crippen LogP contribution >= 0.6 is 0 Å². The number of nitrogens with one attached hydrogen (secondary N) is 2. The van der Waals surface area contributed by atoms with Gasteiger partial charge in [0.15, 0.2) is 0 Å². The monoisotopic (exact) mass is 348 g/mol. The van der Waals surface area contributed by atoms with Gasteiger partial charge < -0.3 is 15.2 Å². The highest BCUT2D eigenvalue weighted by Crippen LogP contribution is 2.19. The fraction of sp³-hybridized carbons (Fsp3) is 0.250. The number of rotatable bonds is 3. The molecule has 2 aromatic carbocycles. The number of hydrogen-bond acceptors (Lipinski definition) is 4. The van der Waals surface area contributed by atoms with Crippen molar-refractivity contribution in [2.75, 3.05) is 6.54 Å². The molecule has 0 saturated heterocycles. The van der Waals surface area contributed by atoms with Gasteiger partial charge in [0.2, 0.25) is 0 Å². The van der Waals surface area contributed by atoms with Crippen LogP contribution in [0.5, 0.6) is 0 Å². The summed E-state index contributed by atoms with van der Waals surface area (Å²) in [6.45, 7) is 2.31. The second-order valence-electron chi connectivity index (χ2n) is 6.56. The standard InChI is InChI=1S/C20H20N4O2/c1-24-12-23-18-6-5-13(9-17(18)20(24)26)19(25)22-11-15-4-2-3-14-10-21-8-7-16(14)15/h2-6,9,12,21H,7-8,10-11H2,1H3,(H,22,25). The van der Waals surface area contributed by atoms with Crippen molar-refractivity contribution in [2.24, 2.45) is 7.05 Å². The Morgan fingerprint density at radius 1 is 1.31 bits per heavy atom. The topological polar surface area (TPSA) is 76.0 Å². The zero-order chi connectivity index (χ0) is 18.1. The molecular formula is C20H20N4O2. The van der Waals surface area contributed by atoms with Gasteiger partial charge in [-0.05, 0) is 47.9 Å². The Morgan fingerprint density at radius 2 is 2.19 bits per heavy atom. The van der Waals surface area contributed by atoms with E-state index in [-0.39, 0.29) is 11.5 Å². The van der Waals surface area contributed by atoms with E-state index in [2.05, 4.69) is 27.8 Å². The van der Waals surface area contributed by atoms with Crippen molar-refractivity contribution in [1.82, 2.24) is 20.2 Å². The van der Waals surface area contributed by atoms with E-state index in [9.17, 15) is 9.59 Å². The normalized spacial score (nSPS) is 13.4. The smallest absolute Gasteiger partial charge is 0.260 e. The van der Waals surface area contributed by atoms with Gasteiger partial charge in [-0.3, -0.25) is 9.59 Å². The van der Waals surface area contributed by atoms with Gasteiger partial charge in [-0.1, -0.05) is 18.2 Å². The number of aromatic nitrogens is 2. The molecule has 1 aliphatic rings. The predicted octanol–water partition coefficient (Wildman–Crippen LogP) is 1.51. The van der Waals surface area contributed by atoms with E-state index in [0.717, 1.165) is 25.1 Å². The molecule has 0 saturated carbocycles. The van der Waals surface area contributed by atoms with Crippen molar-refractivity contribution in [3.05, 3.63) is 75.3 Å². The first kappa shape index (κ1) is 16.5. The van der Waals surface area contributed by atoms with E-state index < -0.39 is 0 Å². The van der Waals surface area contributed by atoms with Crippen LogP contribution < -0.4 is 16.2 Å². The van der Waals surface area contributed by atoms with Gasteiger partial charge in [-0.25, -0.2) is 4.98 Å². The van der Waals surface area contributed by atoms with Gasteiger partial charge in [-0.2, -0.15) is 0 Å². The Labute approximate surface area is 150 Å². The summed E-state index contributed by atoms with van der Waals surface area (Å²) >= 11 is 0. The zero-order valence-electron chi connectivity index (χ0n) is 14.6. The van der Waals surface area contributed by atoms with E-state index in [0.29, 0.717) is 23.0 Å². The first-order valence-electron chi connectivity index (χ1n) is 8.67. The molecule has 3 aromatic rings. The van der Waals surface area contributed by atoms with Gasteiger partial charge in [0.25, 0.3) is 11.5 Å². The van der Waals surface area contributed by atoms with Gasteiger partial charge >= 0.3 is 0 Å². The molecule has 0 fully saturated rings. The third-order valence-corrected chi connectivity index (χ3v) is 4.86. The molecule has 4 rings (SSSR count). The first-order valence-corrected chi connectivity index (χ1v) is 8.67. The number of carbonyl (C=O) groups is 1. The number of hydrogen-bond donors (Lipinski definition) is 2. The minimum atomic E-state index is -0.190. The average molecular weight is 348 g/mol. The third kappa shape index (κ3) is 2.99. The van der Waals surface area contributed by atoms with Crippen LogP contribution in [0.1, 0.15) is 27.0 Å². The summed E-state index contributed by atoms with van der Waals surface area (Å²) in [5.41, 5.74) is 4.67. The fourth-order valence-corrected chi connectivity index (χ4v) is 3.41. The Balaban J connectivity index is 1.57. The molecule has 2 N–H and O–H groups in total. The van der Waals surface area contributed by atoms with Crippen LogP contribution in [-0.2, 0) is 26.6 Å². The van der Waals surface area contributed by atoms with Crippen molar-refractivity contribution in [1.29, 1.82) is 0 Å². The lowest BCUT2D eigenvalue weighted by molar-refractivity contribution is 0.0951. The van der Waals surface area contributed by atoms with E-state index >= 15 is 0 Å². The molecule has 6 nitrogen and oxygen atoms in total. The van der Waals surface area contributed by atoms with Gasteiger partial charge in [0.05, 0.1) is 17.2 Å². The largest absolute Gasteiger partial charge is 0.348 e. The van der Waals surface area contributed by atoms with E-state index in [4.69, 9.17) is 0 Å². The highest BCUT2D eigenvalue weighted by atomic mass is 16.1. The molecule has 0 bridgehead atoms. The molecule has 132 valence electrons. The summed E-state index contributed by atoms with van der Waals surface area (Å²) in [6, 6.07) is 11.2. The molecule has 1 amide bonds. The Hall–Kier alpha value is -2.99. The number of aryl methyl sites for hydroxylation is 1. The van der Waals surface area contributed by atoms with Gasteiger partial charge in [-0.15, -0.1) is 0 Å². The molecule has 1 aliphatic heterocycles. The van der Waals surface area contributed by atoms with Gasteiger partial charge in [0, 0.05) is 25.7 Å². The van der Waals surface area contributed by atoms with Crippen LogP contribution in [0.25, 0.3) is 10.9 Å². The molecule has 0 radical (unpaired) electrons. The molecule has 0 aliphatic carbocycles. The minimum absolute atomic E-state index is 0.158. The molecule has 26 heavy (non-hydrogen) atoms. The van der Waals surface area contributed by atoms with Crippen LogP contribution in [0.3, 0.4) is 0 Å². The molecule has 1 aromatic heterocycles. The van der Waals surface area contributed by atoms with Crippen LogP contribution in [0.4, 0.5) is 0 Å². The highest BCUT2D eigenvalue weighted by Gasteiger charge is 2.14. The summed E-state index contributed by atoms with van der Waals surface area (Å²) < 4.78 is 1.41. The lowest BCUT2D eigenvalue weighted by Gasteiger charge is -2.20. The van der Waals surface area contributed by atoms with Crippen molar-refractivity contribution in [3.8, 4) is 0 Å². The SMILES string of the molecule is Cn1cnc2ccc(C(=O)NCc3cccc4c3CCNC4)cc2c1=O. The highest BCUT2D eigenvalue weighted by molar-refractivity contribution is 5.97. The number of carbonyl (C=O) groups excluding carboxylic acids is 1. The number of nitrogens with zero attached hydrogens (tertiary/aromatic N) is 2. The number of fused-ring (bicyclic) bond motifs is 2. The minimum Gasteiger partial charge on any atom is -0.348 e. The maximum absolute atomic E-state index is 12.6. The average Bonchev–Trinajstić information content (AvgIpc) is 2.68. The number of benzene rings is 2. The molecule has 0 spiro atoms.